The average molecular weight is 358 g/mol. The van der Waals surface area contributed by atoms with Crippen molar-refractivity contribution in [2.24, 2.45) is 0 Å². The maximum absolute atomic E-state index is 12.1. The second kappa shape index (κ2) is 9.11. The van der Waals surface area contributed by atoms with Crippen LogP contribution >= 0.6 is 0 Å². The van der Waals surface area contributed by atoms with Crippen LogP contribution in [0.25, 0.3) is 0 Å². The Morgan fingerprint density at radius 3 is 2.46 bits per heavy atom. The molecule has 0 aliphatic heterocycles. The molecule has 1 aromatic carbocycles. The number of nitrogens with zero attached hydrogens (tertiary/aromatic N) is 1. The summed E-state index contributed by atoms with van der Waals surface area (Å²) in [4.78, 5) is 45.6. The van der Waals surface area contributed by atoms with Crippen LogP contribution in [0.15, 0.2) is 41.2 Å². The highest BCUT2D eigenvalue weighted by Crippen LogP contribution is 2.13. The molecule has 0 saturated heterocycles. The Morgan fingerprint density at radius 1 is 1.08 bits per heavy atom. The first-order valence-corrected chi connectivity index (χ1v) is 7.86. The third-order valence-corrected chi connectivity index (χ3v) is 3.19. The standard InChI is InChI=1S/C17H18N4O5/c1-11(22)26-13-5-2-4-12(10-13)16(24)18-8-3-9-19-17(25)14-6-7-15(23)21-20-14/h2,4-7,10H,3,8-9H2,1H3,(H,18,24)(H,19,25)(H,21,23). The third-order valence-electron chi connectivity index (χ3n) is 3.19. The summed E-state index contributed by atoms with van der Waals surface area (Å²) in [6.07, 6.45) is 0.504. The summed E-state index contributed by atoms with van der Waals surface area (Å²) in [6.45, 7) is 1.95. The van der Waals surface area contributed by atoms with E-state index in [1.165, 1.54) is 25.1 Å². The predicted molar refractivity (Wildman–Crippen MR) is 91.9 cm³/mol. The monoisotopic (exact) mass is 358 g/mol. The quantitative estimate of drug-likeness (QED) is 0.369. The van der Waals surface area contributed by atoms with Gasteiger partial charge in [-0.25, -0.2) is 5.10 Å². The number of benzene rings is 1. The first-order valence-electron chi connectivity index (χ1n) is 7.86. The Labute approximate surface area is 148 Å². The van der Waals surface area contributed by atoms with E-state index >= 15 is 0 Å². The summed E-state index contributed by atoms with van der Waals surface area (Å²) in [5.74, 6) is -0.893. The van der Waals surface area contributed by atoms with Crippen LogP contribution in [-0.2, 0) is 4.79 Å². The van der Waals surface area contributed by atoms with Crippen LogP contribution in [0.4, 0.5) is 0 Å². The zero-order valence-electron chi connectivity index (χ0n) is 14.1. The zero-order chi connectivity index (χ0) is 18.9. The van der Waals surface area contributed by atoms with Crippen LogP contribution in [-0.4, -0.2) is 41.1 Å². The summed E-state index contributed by atoms with van der Waals surface area (Å²) >= 11 is 0. The van der Waals surface area contributed by atoms with Crippen molar-refractivity contribution in [1.82, 2.24) is 20.8 Å². The molecule has 2 amide bonds. The molecule has 0 atom stereocenters. The number of aromatic amines is 1. The molecule has 136 valence electrons. The van der Waals surface area contributed by atoms with E-state index in [9.17, 15) is 19.2 Å². The van der Waals surface area contributed by atoms with Gasteiger partial charge in [-0.05, 0) is 30.7 Å². The Morgan fingerprint density at radius 2 is 1.81 bits per heavy atom. The lowest BCUT2D eigenvalue weighted by Crippen LogP contribution is -2.30. The van der Waals surface area contributed by atoms with Gasteiger partial charge in [0, 0.05) is 31.6 Å². The summed E-state index contributed by atoms with van der Waals surface area (Å²) in [6, 6.07) is 8.81. The van der Waals surface area contributed by atoms with Crippen molar-refractivity contribution in [1.29, 1.82) is 0 Å². The Balaban J connectivity index is 1.73. The van der Waals surface area contributed by atoms with Crippen LogP contribution < -0.4 is 20.9 Å². The third kappa shape index (κ3) is 5.86. The highest BCUT2D eigenvalue weighted by atomic mass is 16.5. The number of aromatic nitrogens is 2. The predicted octanol–water partition coefficient (Wildman–Crippen LogP) is 0.245. The molecule has 0 spiro atoms. The van der Waals surface area contributed by atoms with Gasteiger partial charge in [0.25, 0.3) is 17.4 Å². The van der Waals surface area contributed by atoms with E-state index in [1.54, 1.807) is 18.2 Å². The van der Waals surface area contributed by atoms with Gasteiger partial charge in [-0.2, -0.15) is 5.10 Å². The summed E-state index contributed by atoms with van der Waals surface area (Å²) in [5, 5.41) is 11.1. The van der Waals surface area contributed by atoms with Crippen molar-refractivity contribution in [3.63, 3.8) is 0 Å². The Kier molecular flexibility index (Phi) is 6.60. The van der Waals surface area contributed by atoms with Gasteiger partial charge in [0.1, 0.15) is 11.4 Å². The molecule has 1 aromatic heterocycles. The van der Waals surface area contributed by atoms with Crippen molar-refractivity contribution in [2.75, 3.05) is 13.1 Å². The minimum absolute atomic E-state index is 0.107. The first kappa shape index (κ1) is 18.8. The largest absolute Gasteiger partial charge is 0.427 e. The maximum atomic E-state index is 12.1. The van der Waals surface area contributed by atoms with Gasteiger partial charge in [-0.3, -0.25) is 19.2 Å². The zero-order valence-corrected chi connectivity index (χ0v) is 14.1. The van der Waals surface area contributed by atoms with Gasteiger partial charge in [0.15, 0.2) is 0 Å². The molecule has 0 unspecified atom stereocenters. The molecule has 3 N–H and O–H groups in total. The second-order valence-corrected chi connectivity index (χ2v) is 5.29. The van der Waals surface area contributed by atoms with Gasteiger partial charge in [0.05, 0.1) is 0 Å². The number of carbonyl (C=O) groups is 3. The van der Waals surface area contributed by atoms with E-state index in [1.807, 2.05) is 0 Å². The molecule has 0 aliphatic carbocycles. The molecular weight excluding hydrogens is 340 g/mol. The van der Waals surface area contributed by atoms with Crippen LogP contribution in [0.5, 0.6) is 5.75 Å². The summed E-state index contributed by atoms with van der Waals surface area (Å²) in [5.41, 5.74) is 0.0863. The maximum Gasteiger partial charge on any atom is 0.308 e. The molecule has 0 aliphatic rings. The lowest BCUT2D eigenvalue weighted by molar-refractivity contribution is -0.131. The molecular formula is C17H18N4O5. The van der Waals surface area contributed by atoms with Crippen LogP contribution in [0.3, 0.4) is 0 Å². The van der Waals surface area contributed by atoms with E-state index in [2.05, 4.69) is 20.8 Å². The van der Waals surface area contributed by atoms with Gasteiger partial charge in [-0.15, -0.1) is 0 Å². The first-order chi connectivity index (χ1) is 12.5. The van der Waals surface area contributed by atoms with Crippen molar-refractivity contribution in [3.05, 3.63) is 58.0 Å². The number of esters is 1. The topological polar surface area (TPSA) is 130 Å². The SMILES string of the molecule is CC(=O)Oc1cccc(C(=O)NCCCNC(=O)c2ccc(=O)[nH]n2)c1. The van der Waals surface area contributed by atoms with E-state index in [-0.39, 0.29) is 17.2 Å². The number of hydrogen-bond acceptors (Lipinski definition) is 6. The van der Waals surface area contributed by atoms with Gasteiger partial charge in [0.2, 0.25) is 0 Å². The van der Waals surface area contributed by atoms with Crippen LogP contribution in [0, 0.1) is 0 Å². The van der Waals surface area contributed by atoms with Crippen molar-refractivity contribution in [2.45, 2.75) is 13.3 Å². The molecule has 9 heteroatoms. The number of hydrogen-bond donors (Lipinski definition) is 3. The normalized spacial score (nSPS) is 10.0. The molecule has 9 nitrogen and oxygen atoms in total. The molecule has 0 bridgehead atoms. The molecule has 2 rings (SSSR count). The number of rotatable bonds is 7. The fourth-order valence-corrected chi connectivity index (χ4v) is 2.02. The lowest BCUT2D eigenvalue weighted by atomic mass is 10.2. The number of nitrogens with one attached hydrogen (secondary N) is 3. The highest BCUT2D eigenvalue weighted by molar-refractivity contribution is 5.94. The highest BCUT2D eigenvalue weighted by Gasteiger charge is 2.08. The number of ether oxygens (including phenoxy) is 1. The number of carbonyl (C=O) groups excluding carboxylic acids is 3. The average Bonchev–Trinajstić information content (AvgIpc) is 2.61. The van der Waals surface area contributed by atoms with E-state index in [0.717, 1.165) is 0 Å². The summed E-state index contributed by atoms with van der Waals surface area (Å²) < 4.78 is 4.93. The van der Waals surface area contributed by atoms with E-state index in [0.29, 0.717) is 30.8 Å². The minimum Gasteiger partial charge on any atom is -0.427 e. The van der Waals surface area contributed by atoms with Crippen molar-refractivity contribution < 1.29 is 19.1 Å². The van der Waals surface area contributed by atoms with Gasteiger partial charge in [-0.1, -0.05) is 6.07 Å². The lowest BCUT2D eigenvalue weighted by Gasteiger charge is -2.08. The second-order valence-electron chi connectivity index (χ2n) is 5.29. The van der Waals surface area contributed by atoms with E-state index < -0.39 is 11.9 Å². The molecule has 0 radical (unpaired) electrons. The minimum atomic E-state index is -0.463. The number of H-pyrrole nitrogens is 1. The Hall–Kier alpha value is -3.49. The molecule has 0 fully saturated rings. The summed E-state index contributed by atoms with van der Waals surface area (Å²) in [7, 11) is 0. The van der Waals surface area contributed by atoms with Crippen molar-refractivity contribution in [3.8, 4) is 5.75 Å². The molecule has 2 aromatic rings. The molecule has 1 heterocycles. The number of amides is 2. The molecule has 0 saturated carbocycles. The molecule has 26 heavy (non-hydrogen) atoms. The Bertz CT molecular complexity index is 842. The smallest absolute Gasteiger partial charge is 0.308 e. The van der Waals surface area contributed by atoms with Crippen molar-refractivity contribution >= 4 is 17.8 Å². The van der Waals surface area contributed by atoms with Crippen LogP contribution in [0.2, 0.25) is 0 Å². The van der Waals surface area contributed by atoms with Gasteiger partial charge >= 0.3 is 5.97 Å². The van der Waals surface area contributed by atoms with Gasteiger partial charge < -0.3 is 15.4 Å². The van der Waals surface area contributed by atoms with Crippen LogP contribution in [0.1, 0.15) is 34.2 Å². The van der Waals surface area contributed by atoms with E-state index in [4.69, 9.17) is 4.74 Å². The fourth-order valence-electron chi connectivity index (χ4n) is 2.02. The fraction of sp³-hybridized carbons (Fsp3) is 0.235.